The van der Waals surface area contributed by atoms with Crippen molar-refractivity contribution < 1.29 is 23.8 Å². The van der Waals surface area contributed by atoms with Gasteiger partial charge in [0.2, 0.25) is 5.91 Å². The molecular formula is C24H29NO5. The van der Waals surface area contributed by atoms with Gasteiger partial charge in [0.25, 0.3) is 0 Å². The zero-order valence-corrected chi connectivity index (χ0v) is 17.8. The summed E-state index contributed by atoms with van der Waals surface area (Å²) in [7, 11) is 2.92. The van der Waals surface area contributed by atoms with E-state index in [0.29, 0.717) is 29.4 Å². The van der Waals surface area contributed by atoms with Crippen molar-refractivity contribution in [1.82, 2.24) is 0 Å². The summed E-state index contributed by atoms with van der Waals surface area (Å²) < 4.78 is 15.9. The summed E-state index contributed by atoms with van der Waals surface area (Å²) in [5, 5.41) is 2.75. The third-order valence-corrected chi connectivity index (χ3v) is 4.44. The number of methoxy groups -OCH3 is 2. The highest BCUT2D eigenvalue weighted by atomic mass is 16.5. The standard InChI is InChI=1S/C24H29NO5/c1-4-5-6-7-16-30-21-14-8-18(17-22(21)28-2)9-15-23(26)25-20-12-10-19(11-13-20)24(27)29-3/h8-15,17H,4-7,16H2,1-3H3,(H,25,26)/b15-9+. The number of rotatable bonds is 11. The molecule has 0 unspecified atom stereocenters. The molecule has 2 rings (SSSR count). The second kappa shape index (κ2) is 12.3. The number of benzene rings is 2. The van der Waals surface area contributed by atoms with E-state index in [1.807, 2.05) is 18.2 Å². The van der Waals surface area contributed by atoms with E-state index in [-0.39, 0.29) is 5.91 Å². The van der Waals surface area contributed by atoms with Crippen LogP contribution in [0.1, 0.15) is 48.5 Å². The second-order valence-corrected chi connectivity index (χ2v) is 6.71. The quantitative estimate of drug-likeness (QED) is 0.317. The monoisotopic (exact) mass is 411 g/mol. The number of hydrogen-bond donors (Lipinski definition) is 1. The third-order valence-electron chi connectivity index (χ3n) is 4.44. The number of esters is 1. The number of nitrogens with one attached hydrogen (secondary N) is 1. The van der Waals surface area contributed by atoms with Gasteiger partial charge in [-0.2, -0.15) is 0 Å². The van der Waals surface area contributed by atoms with E-state index in [1.165, 1.54) is 26.0 Å². The molecule has 160 valence electrons. The van der Waals surface area contributed by atoms with Gasteiger partial charge in [-0.15, -0.1) is 0 Å². The SMILES string of the molecule is CCCCCCOc1ccc(/C=C/C(=O)Nc2ccc(C(=O)OC)cc2)cc1OC. The van der Waals surface area contributed by atoms with Crippen LogP contribution in [0.2, 0.25) is 0 Å². The topological polar surface area (TPSA) is 73.9 Å². The lowest BCUT2D eigenvalue weighted by molar-refractivity contribution is -0.111. The molecule has 0 saturated carbocycles. The van der Waals surface area contributed by atoms with Gasteiger partial charge >= 0.3 is 5.97 Å². The summed E-state index contributed by atoms with van der Waals surface area (Å²) in [6.45, 7) is 2.83. The van der Waals surface area contributed by atoms with Crippen molar-refractivity contribution in [3.63, 3.8) is 0 Å². The minimum Gasteiger partial charge on any atom is -0.493 e. The molecule has 1 amide bonds. The maximum absolute atomic E-state index is 12.2. The van der Waals surface area contributed by atoms with E-state index in [9.17, 15) is 9.59 Å². The zero-order valence-electron chi connectivity index (χ0n) is 17.8. The van der Waals surface area contributed by atoms with Crippen LogP contribution in [0.25, 0.3) is 6.08 Å². The second-order valence-electron chi connectivity index (χ2n) is 6.71. The van der Waals surface area contributed by atoms with Gasteiger partial charge in [-0.1, -0.05) is 32.3 Å². The first kappa shape index (κ1) is 23.0. The number of ether oxygens (including phenoxy) is 3. The summed E-state index contributed by atoms with van der Waals surface area (Å²) in [4.78, 5) is 23.6. The predicted octanol–water partition coefficient (Wildman–Crippen LogP) is 5.09. The molecule has 2 aromatic carbocycles. The Morgan fingerprint density at radius 3 is 2.40 bits per heavy atom. The summed E-state index contributed by atoms with van der Waals surface area (Å²) in [5.41, 5.74) is 1.83. The van der Waals surface area contributed by atoms with Crippen molar-refractivity contribution >= 4 is 23.6 Å². The van der Waals surface area contributed by atoms with Crippen molar-refractivity contribution in [3.05, 3.63) is 59.7 Å². The molecule has 0 bridgehead atoms. The van der Waals surface area contributed by atoms with Crippen LogP contribution in [0.4, 0.5) is 5.69 Å². The first-order chi connectivity index (χ1) is 14.6. The Morgan fingerprint density at radius 1 is 0.967 bits per heavy atom. The normalized spacial score (nSPS) is 10.6. The lowest BCUT2D eigenvalue weighted by atomic mass is 10.1. The molecule has 2 aromatic rings. The molecular weight excluding hydrogens is 382 g/mol. The van der Waals surface area contributed by atoms with E-state index in [2.05, 4.69) is 17.0 Å². The van der Waals surface area contributed by atoms with E-state index in [4.69, 9.17) is 9.47 Å². The molecule has 6 heteroatoms. The number of anilines is 1. The summed E-state index contributed by atoms with van der Waals surface area (Å²) >= 11 is 0. The predicted molar refractivity (Wildman–Crippen MR) is 118 cm³/mol. The Labute approximate surface area is 177 Å². The number of unbranched alkanes of at least 4 members (excludes halogenated alkanes) is 3. The summed E-state index contributed by atoms with van der Waals surface area (Å²) in [6, 6.07) is 12.0. The molecule has 30 heavy (non-hydrogen) atoms. The Kier molecular flexibility index (Phi) is 9.45. The molecule has 0 aliphatic carbocycles. The first-order valence-electron chi connectivity index (χ1n) is 10.1. The van der Waals surface area contributed by atoms with Gasteiger partial charge in [0.15, 0.2) is 11.5 Å². The van der Waals surface area contributed by atoms with Crippen molar-refractivity contribution in [3.8, 4) is 11.5 Å². The maximum Gasteiger partial charge on any atom is 0.337 e. The number of hydrogen-bond acceptors (Lipinski definition) is 5. The van der Waals surface area contributed by atoms with Crippen LogP contribution in [-0.2, 0) is 9.53 Å². The molecule has 0 spiro atoms. The van der Waals surface area contributed by atoms with Crippen molar-refractivity contribution in [2.75, 3.05) is 26.1 Å². The average Bonchev–Trinajstić information content (AvgIpc) is 2.78. The Hall–Kier alpha value is -3.28. The fourth-order valence-electron chi connectivity index (χ4n) is 2.78. The number of carbonyl (C=O) groups is 2. The van der Waals surface area contributed by atoms with Crippen molar-refractivity contribution in [2.24, 2.45) is 0 Å². The van der Waals surface area contributed by atoms with Gasteiger partial charge in [-0.3, -0.25) is 4.79 Å². The molecule has 0 heterocycles. The summed E-state index contributed by atoms with van der Waals surface area (Å²) in [6.07, 6.45) is 7.71. The van der Waals surface area contributed by atoms with Crippen LogP contribution >= 0.6 is 0 Å². The van der Waals surface area contributed by atoms with Crippen LogP contribution in [-0.4, -0.2) is 32.7 Å². The first-order valence-corrected chi connectivity index (χ1v) is 10.1. The third kappa shape index (κ3) is 7.28. The highest BCUT2D eigenvalue weighted by molar-refractivity contribution is 6.02. The molecule has 0 radical (unpaired) electrons. The average molecular weight is 411 g/mol. The number of carbonyl (C=O) groups excluding carboxylic acids is 2. The van der Waals surface area contributed by atoms with Gasteiger partial charge in [-0.25, -0.2) is 4.79 Å². The minimum absolute atomic E-state index is 0.281. The Balaban J connectivity index is 1.92. The molecule has 0 saturated heterocycles. The molecule has 0 fully saturated rings. The van der Waals surface area contributed by atoms with Crippen LogP contribution in [0.3, 0.4) is 0 Å². The van der Waals surface area contributed by atoms with Gasteiger partial charge in [-0.05, 0) is 54.5 Å². The highest BCUT2D eigenvalue weighted by Crippen LogP contribution is 2.28. The smallest absolute Gasteiger partial charge is 0.337 e. The van der Waals surface area contributed by atoms with E-state index in [0.717, 1.165) is 18.4 Å². The molecule has 0 aliphatic rings. The van der Waals surface area contributed by atoms with Crippen molar-refractivity contribution in [1.29, 1.82) is 0 Å². The number of amides is 1. The largest absolute Gasteiger partial charge is 0.493 e. The van der Waals surface area contributed by atoms with Crippen molar-refractivity contribution in [2.45, 2.75) is 32.6 Å². The van der Waals surface area contributed by atoms with Gasteiger partial charge in [0, 0.05) is 11.8 Å². The Bertz CT molecular complexity index is 858. The van der Waals surface area contributed by atoms with Crippen LogP contribution in [0.5, 0.6) is 11.5 Å². The Morgan fingerprint density at radius 2 is 1.73 bits per heavy atom. The van der Waals surface area contributed by atoms with Gasteiger partial charge in [0.1, 0.15) is 0 Å². The van der Waals surface area contributed by atoms with Gasteiger partial charge < -0.3 is 19.5 Å². The molecule has 1 N–H and O–H groups in total. The van der Waals surface area contributed by atoms with E-state index in [1.54, 1.807) is 37.5 Å². The fraction of sp³-hybridized carbons (Fsp3) is 0.333. The fourth-order valence-corrected chi connectivity index (χ4v) is 2.78. The highest BCUT2D eigenvalue weighted by Gasteiger charge is 2.07. The van der Waals surface area contributed by atoms with E-state index >= 15 is 0 Å². The lowest BCUT2D eigenvalue weighted by Crippen LogP contribution is -2.08. The van der Waals surface area contributed by atoms with Crippen LogP contribution in [0, 0.1) is 0 Å². The van der Waals surface area contributed by atoms with E-state index < -0.39 is 5.97 Å². The van der Waals surface area contributed by atoms with Gasteiger partial charge in [0.05, 0.1) is 26.4 Å². The summed E-state index contributed by atoms with van der Waals surface area (Å²) in [5.74, 6) is 0.624. The molecule has 6 nitrogen and oxygen atoms in total. The maximum atomic E-state index is 12.2. The van der Waals surface area contributed by atoms with Crippen LogP contribution < -0.4 is 14.8 Å². The molecule has 0 aliphatic heterocycles. The van der Waals surface area contributed by atoms with Crippen LogP contribution in [0.15, 0.2) is 48.5 Å². The zero-order chi connectivity index (χ0) is 21.8. The molecule has 0 atom stereocenters. The minimum atomic E-state index is -0.421. The molecule has 0 aromatic heterocycles. The lowest BCUT2D eigenvalue weighted by Gasteiger charge is -2.11.